The zero-order valence-electron chi connectivity index (χ0n) is 10.2. The summed E-state index contributed by atoms with van der Waals surface area (Å²) in [6.45, 7) is 0. The number of nitrogen functional groups attached to an aromatic ring is 1. The molecule has 0 saturated carbocycles. The van der Waals surface area contributed by atoms with Crippen LogP contribution in [0.15, 0.2) is 35.2 Å². The molecular weight excluding hydrogens is 329 g/mol. The summed E-state index contributed by atoms with van der Waals surface area (Å²) in [6, 6.07) is 4.41. The Kier molecular flexibility index (Phi) is 4.02. The summed E-state index contributed by atoms with van der Waals surface area (Å²) in [5, 5.41) is -0.214. The van der Waals surface area contributed by atoms with E-state index in [9.17, 15) is 21.6 Å². The molecule has 4 nitrogen and oxygen atoms in total. The van der Waals surface area contributed by atoms with E-state index >= 15 is 0 Å². The first kappa shape index (κ1) is 15.5. The van der Waals surface area contributed by atoms with Crippen LogP contribution < -0.4 is 10.5 Å². The van der Waals surface area contributed by atoms with Gasteiger partial charge in [0.15, 0.2) is 0 Å². The van der Waals surface area contributed by atoms with Crippen LogP contribution in [0.1, 0.15) is 0 Å². The average molecular weight is 337 g/mol. The molecule has 0 spiro atoms. The number of nitrogens with two attached hydrogens (primary N) is 1. The Bertz CT molecular complexity index is 792. The van der Waals surface area contributed by atoms with Crippen LogP contribution in [0.3, 0.4) is 0 Å². The van der Waals surface area contributed by atoms with E-state index in [0.717, 1.165) is 6.07 Å². The summed E-state index contributed by atoms with van der Waals surface area (Å²) in [5.41, 5.74) is 4.11. The Morgan fingerprint density at radius 2 is 1.71 bits per heavy atom. The van der Waals surface area contributed by atoms with Crippen molar-refractivity contribution in [2.24, 2.45) is 0 Å². The van der Waals surface area contributed by atoms with Gasteiger partial charge in [0.05, 0.1) is 10.7 Å². The van der Waals surface area contributed by atoms with Gasteiger partial charge in [0, 0.05) is 6.07 Å². The lowest BCUT2D eigenvalue weighted by Gasteiger charge is -2.11. The van der Waals surface area contributed by atoms with Crippen LogP contribution in [0.5, 0.6) is 0 Å². The Balaban J connectivity index is 2.51. The number of rotatable bonds is 3. The number of nitrogens with one attached hydrogen (secondary N) is 1. The summed E-state index contributed by atoms with van der Waals surface area (Å²) in [7, 11) is -4.52. The van der Waals surface area contributed by atoms with Gasteiger partial charge in [-0.25, -0.2) is 21.6 Å². The topological polar surface area (TPSA) is 72.2 Å². The molecule has 21 heavy (non-hydrogen) atoms. The van der Waals surface area contributed by atoms with Crippen LogP contribution in [0, 0.1) is 17.5 Å². The highest BCUT2D eigenvalue weighted by Gasteiger charge is 2.23. The molecular formula is C12H8ClF3N2O2S. The van der Waals surface area contributed by atoms with Crippen molar-refractivity contribution in [3.8, 4) is 0 Å². The van der Waals surface area contributed by atoms with Gasteiger partial charge in [-0.05, 0) is 18.2 Å². The van der Waals surface area contributed by atoms with E-state index in [1.54, 1.807) is 4.72 Å². The van der Waals surface area contributed by atoms with E-state index in [0.29, 0.717) is 12.1 Å². The standard InChI is InChI=1S/C12H8ClF3N2O2S/c13-6-2-1-3-7(14)12(6)18-21(19,20)11-5-10(17)8(15)4-9(11)16/h1-5,18H,17H2. The number of halogens is 4. The predicted molar refractivity (Wildman–Crippen MR) is 73.0 cm³/mol. The minimum absolute atomic E-state index is 0.214. The smallest absolute Gasteiger partial charge is 0.265 e. The quantitative estimate of drug-likeness (QED) is 0.846. The molecule has 0 aliphatic rings. The zero-order valence-corrected chi connectivity index (χ0v) is 11.8. The zero-order chi connectivity index (χ0) is 15.8. The maximum atomic E-state index is 13.6. The predicted octanol–water partition coefficient (Wildman–Crippen LogP) is 3.14. The molecule has 0 aliphatic carbocycles. The summed E-state index contributed by atoms with van der Waals surface area (Å²) >= 11 is 5.67. The second-order valence-corrected chi connectivity index (χ2v) is 6.06. The van der Waals surface area contributed by atoms with Crippen molar-refractivity contribution in [2.75, 3.05) is 10.5 Å². The van der Waals surface area contributed by atoms with Gasteiger partial charge in [-0.1, -0.05) is 17.7 Å². The fourth-order valence-electron chi connectivity index (χ4n) is 1.54. The van der Waals surface area contributed by atoms with Crippen molar-refractivity contribution in [3.63, 3.8) is 0 Å². The summed E-state index contributed by atoms with van der Waals surface area (Å²) in [5.74, 6) is -3.40. The highest BCUT2D eigenvalue weighted by Crippen LogP contribution is 2.29. The number of sulfonamides is 1. The molecule has 0 amide bonds. The van der Waals surface area contributed by atoms with Gasteiger partial charge >= 0.3 is 0 Å². The van der Waals surface area contributed by atoms with E-state index in [-0.39, 0.29) is 5.02 Å². The molecule has 0 saturated heterocycles. The maximum Gasteiger partial charge on any atom is 0.265 e. The molecule has 2 rings (SSSR count). The highest BCUT2D eigenvalue weighted by atomic mass is 35.5. The molecule has 0 aliphatic heterocycles. The second-order valence-electron chi connectivity index (χ2n) is 4.01. The number of hydrogen-bond acceptors (Lipinski definition) is 3. The number of benzene rings is 2. The molecule has 0 bridgehead atoms. The van der Waals surface area contributed by atoms with Crippen molar-refractivity contribution in [1.82, 2.24) is 0 Å². The minimum atomic E-state index is -4.52. The van der Waals surface area contributed by atoms with Crippen molar-refractivity contribution in [3.05, 3.63) is 52.8 Å². The summed E-state index contributed by atoms with van der Waals surface area (Å²) in [6.07, 6.45) is 0. The fraction of sp³-hybridized carbons (Fsp3) is 0. The van der Waals surface area contributed by atoms with Crippen molar-refractivity contribution >= 4 is 33.0 Å². The van der Waals surface area contributed by atoms with Crippen LogP contribution >= 0.6 is 11.6 Å². The van der Waals surface area contributed by atoms with Crippen LogP contribution in [0.4, 0.5) is 24.5 Å². The molecule has 3 N–H and O–H groups in total. The highest BCUT2D eigenvalue weighted by molar-refractivity contribution is 7.92. The molecule has 112 valence electrons. The first-order chi connectivity index (χ1) is 9.72. The molecule has 2 aromatic rings. The van der Waals surface area contributed by atoms with E-state index in [4.69, 9.17) is 17.3 Å². The first-order valence-corrected chi connectivity index (χ1v) is 7.30. The molecule has 0 fully saturated rings. The maximum absolute atomic E-state index is 13.6. The Hall–Kier alpha value is -1.93. The van der Waals surface area contributed by atoms with Gasteiger partial charge in [-0.2, -0.15) is 0 Å². The van der Waals surface area contributed by atoms with Crippen LogP contribution in [0.25, 0.3) is 0 Å². The summed E-state index contributed by atoms with van der Waals surface area (Å²) in [4.78, 5) is -0.916. The van der Waals surface area contributed by atoms with Crippen molar-refractivity contribution in [1.29, 1.82) is 0 Å². The van der Waals surface area contributed by atoms with E-state index in [1.807, 2.05) is 0 Å². The molecule has 0 unspecified atom stereocenters. The molecule has 0 atom stereocenters. The van der Waals surface area contributed by atoms with Crippen molar-refractivity contribution < 1.29 is 21.6 Å². The van der Waals surface area contributed by atoms with Gasteiger partial charge in [-0.3, -0.25) is 4.72 Å². The van der Waals surface area contributed by atoms with Crippen molar-refractivity contribution in [2.45, 2.75) is 4.90 Å². The molecule has 0 heterocycles. The summed E-state index contributed by atoms with van der Waals surface area (Å²) < 4.78 is 66.1. The Morgan fingerprint density at radius 3 is 2.33 bits per heavy atom. The normalized spacial score (nSPS) is 11.4. The third kappa shape index (κ3) is 3.06. The average Bonchev–Trinajstić information content (AvgIpc) is 2.38. The van der Waals surface area contributed by atoms with Crippen LogP contribution in [-0.2, 0) is 10.0 Å². The fourth-order valence-corrected chi connectivity index (χ4v) is 2.99. The lowest BCUT2D eigenvalue weighted by molar-refractivity contribution is 0.552. The SMILES string of the molecule is Nc1cc(S(=O)(=O)Nc2c(F)cccc2Cl)c(F)cc1F. The molecule has 2 aromatic carbocycles. The van der Waals surface area contributed by atoms with E-state index in [1.165, 1.54) is 12.1 Å². The lowest BCUT2D eigenvalue weighted by Crippen LogP contribution is -2.16. The van der Waals surface area contributed by atoms with Crippen LogP contribution in [0.2, 0.25) is 5.02 Å². The third-order valence-electron chi connectivity index (χ3n) is 2.54. The van der Waals surface area contributed by atoms with Gasteiger partial charge in [0.25, 0.3) is 10.0 Å². The van der Waals surface area contributed by atoms with Gasteiger partial charge in [-0.15, -0.1) is 0 Å². The second kappa shape index (κ2) is 5.45. The largest absolute Gasteiger partial charge is 0.396 e. The van der Waals surface area contributed by atoms with E-state index < -0.39 is 43.7 Å². The minimum Gasteiger partial charge on any atom is -0.396 e. The van der Waals surface area contributed by atoms with Gasteiger partial charge < -0.3 is 5.73 Å². The molecule has 0 radical (unpaired) electrons. The monoisotopic (exact) mass is 336 g/mol. The number of anilines is 2. The van der Waals surface area contributed by atoms with Crippen LogP contribution in [-0.4, -0.2) is 8.42 Å². The number of hydrogen-bond donors (Lipinski definition) is 2. The number of para-hydroxylation sites is 1. The molecule has 9 heteroatoms. The van der Waals surface area contributed by atoms with Gasteiger partial charge in [0.2, 0.25) is 0 Å². The third-order valence-corrected chi connectivity index (χ3v) is 4.22. The van der Waals surface area contributed by atoms with E-state index in [2.05, 4.69) is 0 Å². The van der Waals surface area contributed by atoms with Gasteiger partial charge in [0.1, 0.15) is 28.0 Å². The lowest BCUT2D eigenvalue weighted by atomic mass is 10.3. The molecule has 0 aromatic heterocycles. The Morgan fingerprint density at radius 1 is 1.05 bits per heavy atom. The Labute approximate surface area is 123 Å². The first-order valence-electron chi connectivity index (χ1n) is 5.43.